The highest BCUT2D eigenvalue weighted by Gasteiger charge is 2.41. The van der Waals surface area contributed by atoms with Crippen LogP contribution in [-0.4, -0.2) is 37.8 Å². The maximum absolute atomic E-state index is 12.6. The zero-order chi connectivity index (χ0) is 18.1. The largest absolute Gasteiger partial charge is 0.353 e. The average Bonchev–Trinajstić information content (AvgIpc) is 3.25. The van der Waals surface area contributed by atoms with Crippen molar-refractivity contribution in [2.24, 2.45) is 17.8 Å². The van der Waals surface area contributed by atoms with Crippen LogP contribution in [0.2, 0.25) is 0 Å². The number of hydrogen-bond acceptors (Lipinski definition) is 3. The zero-order valence-corrected chi connectivity index (χ0v) is 16.0. The van der Waals surface area contributed by atoms with E-state index >= 15 is 0 Å². The molecule has 3 aliphatic rings. The smallest absolute Gasteiger partial charge is 0.223 e. The van der Waals surface area contributed by atoms with E-state index in [-0.39, 0.29) is 17.6 Å². The normalized spacial score (nSPS) is 29.8. The number of nitrogens with one attached hydrogen (secondary N) is 1. The summed E-state index contributed by atoms with van der Waals surface area (Å²) in [6, 6.07) is 9.64. The molecule has 26 heavy (non-hydrogen) atoms. The molecule has 6 heteroatoms. The standard InChI is InChI=1S/C20H28N2O3S/c23-20(21-19-13-16-6-7-18(19)12-16)17-8-10-22(11-9-17)26(24,25)14-15-4-2-1-3-5-15/h1-5,16-19H,6-14H2,(H,21,23)/t16-,18-,19+/m0/s1. The summed E-state index contributed by atoms with van der Waals surface area (Å²) >= 11 is 0. The van der Waals surface area contributed by atoms with Crippen LogP contribution in [-0.2, 0) is 20.6 Å². The number of sulfonamides is 1. The summed E-state index contributed by atoms with van der Waals surface area (Å²) in [6.07, 6.45) is 6.25. The lowest BCUT2D eigenvalue weighted by molar-refractivity contribution is -0.127. The fraction of sp³-hybridized carbons (Fsp3) is 0.650. The van der Waals surface area contributed by atoms with Gasteiger partial charge in [-0.05, 0) is 49.5 Å². The van der Waals surface area contributed by atoms with Crippen LogP contribution in [0, 0.1) is 17.8 Å². The highest BCUT2D eigenvalue weighted by Crippen LogP contribution is 2.44. The highest BCUT2D eigenvalue weighted by atomic mass is 32.2. The second-order valence-corrected chi connectivity index (χ2v) is 10.2. The first-order valence-electron chi connectivity index (χ1n) is 9.83. The highest BCUT2D eigenvalue weighted by molar-refractivity contribution is 7.88. The van der Waals surface area contributed by atoms with Gasteiger partial charge in [0.1, 0.15) is 0 Å². The fourth-order valence-electron chi connectivity index (χ4n) is 4.99. The quantitative estimate of drug-likeness (QED) is 0.859. The summed E-state index contributed by atoms with van der Waals surface area (Å²) in [5.41, 5.74) is 0.809. The van der Waals surface area contributed by atoms with Gasteiger partial charge in [0.15, 0.2) is 0 Å². The van der Waals surface area contributed by atoms with Crippen molar-refractivity contribution in [3.05, 3.63) is 35.9 Å². The minimum Gasteiger partial charge on any atom is -0.353 e. The van der Waals surface area contributed by atoms with Crippen molar-refractivity contribution in [2.45, 2.75) is 50.3 Å². The van der Waals surface area contributed by atoms with Crippen LogP contribution in [0.1, 0.15) is 44.1 Å². The maximum Gasteiger partial charge on any atom is 0.223 e. The molecule has 4 rings (SSSR count). The number of rotatable bonds is 5. The third-order valence-corrected chi connectivity index (χ3v) is 8.33. The Labute approximate surface area is 156 Å². The molecule has 2 aliphatic carbocycles. The molecule has 0 unspecified atom stereocenters. The number of carbonyl (C=O) groups is 1. The Morgan fingerprint density at radius 3 is 2.38 bits per heavy atom. The van der Waals surface area contributed by atoms with Gasteiger partial charge in [-0.25, -0.2) is 12.7 Å². The Kier molecular flexibility index (Phi) is 5.06. The van der Waals surface area contributed by atoms with Gasteiger partial charge in [-0.1, -0.05) is 36.8 Å². The van der Waals surface area contributed by atoms with Crippen molar-refractivity contribution < 1.29 is 13.2 Å². The van der Waals surface area contributed by atoms with E-state index in [0.717, 1.165) is 17.9 Å². The molecule has 1 heterocycles. The Bertz CT molecular complexity index is 742. The summed E-state index contributed by atoms with van der Waals surface area (Å²) < 4.78 is 26.8. The molecule has 142 valence electrons. The molecule has 0 aromatic heterocycles. The van der Waals surface area contributed by atoms with Crippen molar-refractivity contribution in [1.29, 1.82) is 0 Å². The van der Waals surface area contributed by atoms with Crippen LogP contribution in [0.15, 0.2) is 30.3 Å². The van der Waals surface area contributed by atoms with Crippen LogP contribution in [0.5, 0.6) is 0 Å². The predicted molar refractivity (Wildman–Crippen MR) is 101 cm³/mol. The maximum atomic E-state index is 12.6. The van der Waals surface area contributed by atoms with Crippen molar-refractivity contribution in [2.75, 3.05) is 13.1 Å². The first-order chi connectivity index (χ1) is 12.5. The van der Waals surface area contributed by atoms with E-state index in [1.165, 1.54) is 19.3 Å². The van der Waals surface area contributed by atoms with Gasteiger partial charge in [-0.3, -0.25) is 4.79 Å². The summed E-state index contributed by atoms with van der Waals surface area (Å²) in [6.45, 7) is 0.897. The van der Waals surface area contributed by atoms with Crippen LogP contribution in [0.25, 0.3) is 0 Å². The number of hydrogen-bond donors (Lipinski definition) is 1. The Hall–Kier alpha value is -1.40. The molecule has 1 amide bonds. The first kappa shape index (κ1) is 18.0. The average molecular weight is 377 g/mol. The SMILES string of the molecule is O=C(N[C@@H]1C[C@H]2CC[C@H]1C2)C1CCN(S(=O)(=O)Cc2ccccc2)CC1. The molecule has 2 saturated carbocycles. The lowest BCUT2D eigenvalue weighted by atomic mass is 9.93. The van der Waals surface area contributed by atoms with Crippen LogP contribution < -0.4 is 5.32 Å². The summed E-state index contributed by atoms with van der Waals surface area (Å²) in [5, 5.41) is 3.27. The molecule has 0 spiro atoms. The van der Waals surface area contributed by atoms with Gasteiger partial charge in [0, 0.05) is 25.0 Å². The van der Waals surface area contributed by atoms with Gasteiger partial charge in [0.2, 0.25) is 15.9 Å². The van der Waals surface area contributed by atoms with Gasteiger partial charge < -0.3 is 5.32 Å². The molecular weight excluding hydrogens is 348 g/mol. The number of amides is 1. The second kappa shape index (κ2) is 7.31. The van der Waals surface area contributed by atoms with E-state index in [2.05, 4.69) is 5.32 Å². The van der Waals surface area contributed by atoms with Crippen LogP contribution in [0.3, 0.4) is 0 Å². The number of nitrogens with zero attached hydrogens (tertiary/aromatic N) is 1. The summed E-state index contributed by atoms with van der Waals surface area (Å²) in [7, 11) is -3.31. The zero-order valence-electron chi connectivity index (χ0n) is 15.1. The predicted octanol–water partition coefficient (Wildman–Crippen LogP) is 2.53. The molecule has 0 radical (unpaired) electrons. The van der Waals surface area contributed by atoms with Crippen molar-refractivity contribution in [3.63, 3.8) is 0 Å². The molecular formula is C20H28N2O3S. The molecule has 1 saturated heterocycles. The van der Waals surface area contributed by atoms with Crippen molar-refractivity contribution >= 4 is 15.9 Å². The summed E-state index contributed by atoms with van der Waals surface area (Å²) in [5.74, 6) is 1.63. The van der Waals surface area contributed by atoms with Crippen molar-refractivity contribution in [1.82, 2.24) is 9.62 Å². The van der Waals surface area contributed by atoms with E-state index < -0.39 is 10.0 Å². The molecule has 5 nitrogen and oxygen atoms in total. The van der Waals surface area contributed by atoms with E-state index in [0.29, 0.717) is 37.9 Å². The Morgan fingerprint density at radius 2 is 1.77 bits per heavy atom. The minimum atomic E-state index is -3.31. The van der Waals surface area contributed by atoms with E-state index in [9.17, 15) is 13.2 Å². The van der Waals surface area contributed by atoms with Gasteiger partial charge in [0.25, 0.3) is 0 Å². The van der Waals surface area contributed by atoms with Gasteiger partial charge in [-0.15, -0.1) is 0 Å². The number of piperidine rings is 1. The lowest BCUT2D eigenvalue weighted by Crippen LogP contribution is -2.46. The second-order valence-electron chi connectivity index (χ2n) is 8.21. The van der Waals surface area contributed by atoms with Gasteiger partial charge in [-0.2, -0.15) is 0 Å². The lowest BCUT2D eigenvalue weighted by Gasteiger charge is -2.32. The molecule has 3 fully saturated rings. The Balaban J connectivity index is 1.29. The molecule has 1 N–H and O–H groups in total. The number of fused-ring (bicyclic) bond motifs is 2. The third-order valence-electron chi connectivity index (χ3n) is 6.48. The Morgan fingerprint density at radius 1 is 1.04 bits per heavy atom. The topological polar surface area (TPSA) is 66.5 Å². The van der Waals surface area contributed by atoms with Crippen molar-refractivity contribution in [3.8, 4) is 0 Å². The van der Waals surface area contributed by atoms with Gasteiger partial charge in [0.05, 0.1) is 5.75 Å². The van der Waals surface area contributed by atoms with E-state index in [1.807, 2.05) is 30.3 Å². The van der Waals surface area contributed by atoms with Crippen LogP contribution >= 0.6 is 0 Å². The van der Waals surface area contributed by atoms with E-state index in [4.69, 9.17) is 0 Å². The molecule has 2 bridgehead atoms. The molecule has 3 atom stereocenters. The molecule has 1 aromatic carbocycles. The molecule has 1 aliphatic heterocycles. The number of carbonyl (C=O) groups excluding carboxylic acids is 1. The summed E-state index contributed by atoms with van der Waals surface area (Å²) in [4.78, 5) is 12.6. The van der Waals surface area contributed by atoms with E-state index in [1.54, 1.807) is 4.31 Å². The first-order valence-corrected chi connectivity index (χ1v) is 11.4. The third kappa shape index (κ3) is 3.81. The number of benzene rings is 1. The minimum absolute atomic E-state index is 0.0375. The van der Waals surface area contributed by atoms with Crippen LogP contribution in [0.4, 0.5) is 0 Å². The monoisotopic (exact) mass is 376 g/mol. The van der Waals surface area contributed by atoms with Gasteiger partial charge >= 0.3 is 0 Å². The fourth-order valence-corrected chi connectivity index (χ4v) is 6.56. The molecule has 1 aromatic rings.